The average Bonchev–Trinajstić information content (AvgIpc) is 2.88. The van der Waals surface area contributed by atoms with Crippen molar-refractivity contribution in [2.24, 2.45) is 0 Å². The number of carbonyl (C=O) groups is 1. The lowest BCUT2D eigenvalue weighted by atomic mass is 10.00. The van der Waals surface area contributed by atoms with Gasteiger partial charge in [0.1, 0.15) is 0 Å². The number of fused-ring (bicyclic) bond motifs is 1. The van der Waals surface area contributed by atoms with Crippen molar-refractivity contribution in [2.45, 2.75) is 26.3 Å². The summed E-state index contributed by atoms with van der Waals surface area (Å²) in [6.45, 7) is 4.98. The number of benzene rings is 1. The molecule has 0 saturated carbocycles. The number of amides is 1. The molecule has 1 aliphatic rings. The monoisotopic (exact) mass is 271 g/mol. The second-order valence-corrected chi connectivity index (χ2v) is 6.09. The van der Waals surface area contributed by atoms with E-state index in [-0.39, 0.29) is 11.9 Å². The lowest BCUT2D eigenvalue weighted by Crippen LogP contribution is -2.38. The van der Waals surface area contributed by atoms with Crippen molar-refractivity contribution in [3.63, 3.8) is 0 Å². The Bertz CT molecular complexity index is 599. The number of hydrogen-bond donors (Lipinski definition) is 0. The van der Waals surface area contributed by atoms with E-state index in [1.807, 2.05) is 36.1 Å². The van der Waals surface area contributed by atoms with Crippen molar-refractivity contribution in [1.82, 2.24) is 4.90 Å². The Morgan fingerprint density at radius 1 is 1.26 bits per heavy atom. The number of carbonyl (C=O) groups excluding carboxylic acids is 1. The highest BCUT2D eigenvalue weighted by Crippen LogP contribution is 2.33. The van der Waals surface area contributed by atoms with E-state index in [2.05, 4.69) is 18.4 Å². The van der Waals surface area contributed by atoms with Gasteiger partial charge in [0.2, 0.25) is 0 Å². The molecule has 19 heavy (non-hydrogen) atoms. The SMILES string of the molecule is Cc1ccc(C(=O)N2CCc3sccc3[C@@H]2C)cc1. The molecule has 0 N–H and O–H groups in total. The van der Waals surface area contributed by atoms with Crippen LogP contribution in [0.2, 0.25) is 0 Å². The quantitative estimate of drug-likeness (QED) is 0.772. The highest BCUT2D eigenvalue weighted by atomic mass is 32.1. The molecule has 1 aromatic heterocycles. The molecule has 0 radical (unpaired) electrons. The molecule has 0 fully saturated rings. The first-order valence-electron chi connectivity index (χ1n) is 6.60. The zero-order valence-electron chi connectivity index (χ0n) is 11.2. The smallest absolute Gasteiger partial charge is 0.254 e. The molecular weight excluding hydrogens is 254 g/mol. The Balaban J connectivity index is 1.87. The summed E-state index contributed by atoms with van der Waals surface area (Å²) in [5, 5.41) is 2.13. The van der Waals surface area contributed by atoms with Crippen LogP contribution in [0.25, 0.3) is 0 Å². The summed E-state index contributed by atoms with van der Waals surface area (Å²) in [6, 6.07) is 10.2. The van der Waals surface area contributed by atoms with Gasteiger partial charge in [-0.3, -0.25) is 4.79 Å². The minimum absolute atomic E-state index is 0.143. The molecule has 0 bridgehead atoms. The molecular formula is C16H17NOS. The van der Waals surface area contributed by atoms with Crippen LogP contribution in [0.5, 0.6) is 0 Å². The molecule has 0 spiro atoms. The normalized spacial score (nSPS) is 18.2. The number of rotatable bonds is 1. The van der Waals surface area contributed by atoms with Gasteiger partial charge in [0.05, 0.1) is 6.04 Å². The summed E-state index contributed by atoms with van der Waals surface area (Å²) in [7, 11) is 0. The Morgan fingerprint density at radius 3 is 2.74 bits per heavy atom. The third kappa shape index (κ3) is 2.19. The van der Waals surface area contributed by atoms with Crippen LogP contribution in [0.1, 0.15) is 39.3 Å². The van der Waals surface area contributed by atoms with Crippen LogP contribution in [0.3, 0.4) is 0 Å². The first-order valence-corrected chi connectivity index (χ1v) is 7.48. The molecule has 1 amide bonds. The van der Waals surface area contributed by atoms with E-state index in [4.69, 9.17) is 0 Å². The highest BCUT2D eigenvalue weighted by Gasteiger charge is 2.28. The molecule has 2 heterocycles. The van der Waals surface area contributed by atoms with Gasteiger partial charge in [-0.25, -0.2) is 0 Å². The zero-order chi connectivity index (χ0) is 13.4. The van der Waals surface area contributed by atoms with Gasteiger partial charge in [-0.15, -0.1) is 11.3 Å². The van der Waals surface area contributed by atoms with E-state index in [0.29, 0.717) is 0 Å². The van der Waals surface area contributed by atoms with Crippen LogP contribution in [-0.2, 0) is 6.42 Å². The van der Waals surface area contributed by atoms with Crippen LogP contribution in [0.15, 0.2) is 35.7 Å². The van der Waals surface area contributed by atoms with Crippen LogP contribution in [-0.4, -0.2) is 17.4 Å². The first-order chi connectivity index (χ1) is 9.16. The summed E-state index contributed by atoms with van der Waals surface area (Å²) in [6.07, 6.45) is 0.981. The maximum Gasteiger partial charge on any atom is 0.254 e. The minimum Gasteiger partial charge on any atom is -0.331 e. The van der Waals surface area contributed by atoms with Gasteiger partial charge >= 0.3 is 0 Å². The second kappa shape index (κ2) is 4.82. The van der Waals surface area contributed by atoms with Crippen molar-refractivity contribution >= 4 is 17.2 Å². The topological polar surface area (TPSA) is 20.3 Å². The third-order valence-electron chi connectivity index (χ3n) is 3.84. The summed E-state index contributed by atoms with van der Waals surface area (Å²) in [4.78, 5) is 16.0. The Morgan fingerprint density at radius 2 is 2.00 bits per heavy atom. The summed E-state index contributed by atoms with van der Waals surface area (Å²) >= 11 is 1.80. The van der Waals surface area contributed by atoms with Crippen molar-refractivity contribution in [3.05, 3.63) is 57.3 Å². The lowest BCUT2D eigenvalue weighted by molar-refractivity contribution is 0.0679. The molecule has 1 atom stereocenters. The standard InChI is InChI=1S/C16H17NOS/c1-11-3-5-13(6-4-11)16(18)17-9-7-15-14(12(17)2)8-10-19-15/h3-6,8,10,12H,7,9H2,1-2H3/t12-/m0/s1. The molecule has 0 aliphatic carbocycles. The zero-order valence-corrected chi connectivity index (χ0v) is 12.0. The molecule has 1 aliphatic heterocycles. The summed E-state index contributed by atoms with van der Waals surface area (Å²) < 4.78 is 0. The van der Waals surface area contributed by atoms with Crippen LogP contribution in [0, 0.1) is 6.92 Å². The fourth-order valence-electron chi connectivity index (χ4n) is 2.65. The van der Waals surface area contributed by atoms with Crippen molar-refractivity contribution in [1.29, 1.82) is 0 Å². The first kappa shape index (κ1) is 12.4. The number of nitrogens with zero attached hydrogens (tertiary/aromatic N) is 1. The van der Waals surface area contributed by atoms with E-state index < -0.39 is 0 Å². The van der Waals surface area contributed by atoms with Gasteiger partial charge in [-0.2, -0.15) is 0 Å². The van der Waals surface area contributed by atoms with Gasteiger partial charge in [0.15, 0.2) is 0 Å². The fourth-order valence-corrected chi connectivity index (χ4v) is 3.61. The molecule has 1 aromatic carbocycles. The van der Waals surface area contributed by atoms with Crippen LogP contribution >= 0.6 is 11.3 Å². The van der Waals surface area contributed by atoms with E-state index >= 15 is 0 Å². The molecule has 2 nitrogen and oxygen atoms in total. The second-order valence-electron chi connectivity index (χ2n) is 5.09. The maximum atomic E-state index is 12.6. The van der Waals surface area contributed by atoms with Crippen molar-refractivity contribution in [2.75, 3.05) is 6.54 Å². The van der Waals surface area contributed by atoms with E-state index in [1.165, 1.54) is 16.0 Å². The maximum absolute atomic E-state index is 12.6. The third-order valence-corrected chi connectivity index (χ3v) is 4.83. The van der Waals surface area contributed by atoms with Gasteiger partial charge < -0.3 is 4.90 Å². The van der Waals surface area contributed by atoms with Crippen molar-refractivity contribution in [3.8, 4) is 0 Å². The van der Waals surface area contributed by atoms with Gasteiger partial charge in [0, 0.05) is 17.0 Å². The van der Waals surface area contributed by atoms with Crippen LogP contribution < -0.4 is 0 Å². The molecule has 3 rings (SSSR count). The summed E-state index contributed by atoms with van der Waals surface area (Å²) in [5.74, 6) is 0.143. The Labute approximate surface area is 117 Å². The molecule has 0 saturated heterocycles. The Kier molecular flexibility index (Phi) is 3.15. The minimum atomic E-state index is 0.143. The van der Waals surface area contributed by atoms with Crippen LogP contribution in [0.4, 0.5) is 0 Å². The predicted octanol–water partition coefficient (Wildman–Crippen LogP) is 3.82. The van der Waals surface area contributed by atoms with E-state index in [9.17, 15) is 4.79 Å². The number of hydrogen-bond acceptors (Lipinski definition) is 2. The van der Waals surface area contributed by atoms with Gasteiger partial charge in [-0.1, -0.05) is 17.7 Å². The van der Waals surface area contributed by atoms with Gasteiger partial charge in [0.25, 0.3) is 5.91 Å². The van der Waals surface area contributed by atoms with E-state index in [1.54, 1.807) is 11.3 Å². The fraction of sp³-hybridized carbons (Fsp3) is 0.312. The predicted molar refractivity (Wildman–Crippen MR) is 78.7 cm³/mol. The molecule has 2 aromatic rings. The lowest BCUT2D eigenvalue weighted by Gasteiger charge is -2.33. The molecule has 3 heteroatoms. The van der Waals surface area contributed by atoms with E-state index in [0.717, 1.165) is 18.5 Å². The van der Waals surface area contributed by atoms with Gasteiger partial charge in [-0.05, 0) is 49.4 Å². The number of thiophene rings is 1. The highest BCUT2D eigenvalue weighted by molar-refractivity contribution is 7.10. The molecule has 98 valence electrons. The average molecular weight is 271 g/mol. The Hall–Kier alpha value is -1.61. The summed E-state index contributed by atoms with van der Waals surface area (Å²) in [5.41, 5.74) is 3.29. The number of aryl methyl sites for hydroxylation is 1. The molecule has 0 unspecified atom stereocenters. The largest absolute Gasteiger partial charge is 0.331 e. The van der Waals surface area contributed by atoms with Crippen molar-refractivity contribution < 1.29 is 4.79 Å².